The number of carbonyl (C=O) groups is 7. The van der Waals surface area contributed by atoms with Crippen LogP contribution in [0.15, 0.2) is 60.7 Å². The fraction of sp³-hybridized carbons (Fsp3) is 0.219. The number of nitrogens with one attached hydrogen (secondary N) is 2. The van der Waals surface area contributed by atoms with Gasteiger partial charge in [0.05, 0.1) is 25.3 Å². The van der Waals surface area contributed by atoms with E-state index in [0.29, 0.717) is 0 Å². The maximum atomic E-state index is 13.3. The van der Waals surface area contributed by atoms with Crippen molar-refractivity contribution in [3.05, 3.63) is 82.9 Å². The van der Waals surface area contributed by atoms with Crippen molar-refractivity contribution >= 4 is 41.7 Å². The molecule has 3 N–H and O–H groups in total. The predicted octanol–water partition coefficient (Wildman–Crippen LogP) is 2.16. The minimum absolute atomic E-state index is 0.0536. The summed E-state index contributed by atoms with van der Waals surface area (Å²) in [4.78, 5) is 87.3. The number of aryl methyl sites for hydroxylation is 1. The van der Waals surface area contributed by atoms with Gasteiger partial charge in [-0.15, -0.1) is 0 Å². The minimum atomic E-state index is -2.47. The molecule has 16 nitrogen and oxygen atoms in total. The highest BCUT2D eigenvalue weighted by Crippen LogP contribution is 2.30. The lowest BCUT2D eigenvalue weighted by Gasteiger charge is -2.24. The van der Waals surface area contributed by atoms with E-state index in [-0.39, 0.29) is 39.7 Å². The van der Waals surface area contributed by atoms with Crippen LogP contribution in [0.3, 0.4) is 0 Å². The quantitative estimate of drug-likeness (QED) is 0.143. The van der Waals surface area contributed by atoms with Gasteiger partial charge in [-0.1, -0.05) is 17.7 Å². The number of carbonyl (C=O) groups excluding carboxylic acids is 6. The molecular weight excluding hydrogens is 636 g/mol. The Labute approximate surface area is 272 Å². The number of esters is 4. The molecule has 3 aromatic carbocycles. The third kappa shape index (κ3) is 9.53. The third-order valence-electron chi connectivity index (χ3n) is 6.16. The summed E-state index contributed by atoms with van der Waals surface area (Å²) in [7, 11) is 2.44. The summed E-state index contributed by atoms with van der Waals surface area (Å²) in [6.45, 7) is 4.07. The number of aliphatic carboxylic acids is 1. The van der Waals surface area contributed by atoms with Gasteiger partial charge in [-0.25, -0.2) is 14.4 Å². The van der Waals surface area contributed by atoms with Crippen LogP contribution >= 0.6 is 0 Å². The van der Waals surface area contributed by atoms with Gasteiger partial charge in [0, 0.05) is 19.4 Å². The molecule has 3 aromatic rings. The number of hydrazine groups is 1. The van der Waals surface area contributed by atoms with E-state index in [9.17, 15) is 38.7 Å². The van der Waals surface area contributed by atoms with E-state index >= 15 is 0 Å². The van der Waals surface area contributed by atoms with Crippen molar-refractivity contribution in [3.8, 4) is 23.0 Å². The monoisotopic (exact) mass is 666 g/mol. The number of carboxylic acid groups (broad SMARTS) is 1. The van der Waals surface area contributed by atoms with Gasteiger partial charge in [0.1, 0.15) is 0 Å². The van der Waals surface area contributed by atoms with Gasteiger partial charge in [-0.3, -0.25) is 30.0 Å². The highest BCUT2D eigenvalue weighted by atomic mass is 16.6. The van der Waals surface area contributed by atoms with E-state index in [1.165, 1.54) is 38.5 Å². The molecule has 0 aromatic heterocycles. The summed E-state index contributed by atoms with van der Waals surface area (Å²) in [6.07, 6.45) is -4.86. The van der Waals surface area contributed by atoms with Gasteiger partial charge in [0.15, 0.2) is 23.0 Å². The van der Waals surface area contributed by atoms with Crippen LogP contribution < -0.4 is 29.8 Å². The normalized spacial score (nSPS) is 11.5. The van der Waals surface area contributed by atoms with Crippen molar-refractivity contribution in [2.45, 2.75) is 33.0 Å². The average molecular weight is 667 g/mol. The number of rotatable bonds is 12. The summed E-state index contributed by atoms with van der Waals surface area (Å²) in [6, 6.07) is 13.0. The summed E-state index contributed by atoms with van der Waals surface area (Å²) in [5.41, 5.74) is 4.46. The lowest BCUT2D eigenvalue weighted by atomic mass is 10.1. The van der Waals surface area contributed by atoms with Gasteiger partial charge in [0.25, 0.3) is 11.8 Å². The molecule has 0 aliphatic rings. The molecule has 48 heavy (non-hydrogen) atoms. The van der Waals surface area contributed by atoms with Crippen LogP contribution in [0.1, 0.15) is 50.5 Å². The molecule has 0 aliphatic heterocycles. The second-order valence-electron chi connectivity index (χ2n) is 9.72. The van der Waals surface area contributed by atoms with Crippen LogP contribution in [0, 0.1) is 6.92 Å². The Hall–Kier alpha value is -6.45. The van der Waals surface area contributed by atoms with Gasteiger partial charge in [-0.2, -0.15) is 0 Å². The Morgan fingerprint density at radius 2 is 1.04 bits per heavy atom. The maximum absolute atomic E-state index is 13.3. The first-order valence-electron chi connectivity index (χ1n) is 13.8. The summed E-state index contributed by atoms with van der Waals surface area (Å²) >= 11 is 0. The molecule has 0 radical (unpaired) electrons. The van der Waals surface area contributed by atoms with E-state index in [4.69, 9.17) is 28.4 Å². The first-order chi connectivity index (χ1) is 22.7. The van der Waals surface area contributed by atoms with E-state index in [1.54, 1.807) is 19.1 Å². The fourth-order valence-electron chi connectivity index (χ4n) is 3.90. The Balaban J connectivity index is 1.94. The van der Waals surface area contributed by atoms with Crippen molar-refractivity contribution in [1.29, 1.82) is 0 Å². The van der Waals surface area contributed by atoms with Crippen LogP contribution in [-0.2, 0) is 28.7 Å². The third-order valence-corrected chi connectivity index (χ3v) is 6.16. The molecule has 0 saturated heterocycles. The van der Waals surface area contributed by atoms with Gasteiger partial charge in [0.2, 0.25) is 12.2 Å². The SMILES string of the molecule is COc1cc(C(=O)O[C@H](C(=O)O)[C@H](OC(=O)c2ccc(OC(C)=O)c(OC)c2)C(=O)NNC(=O)c2ccc(C)cc2)ccc1OC(C)=O. The van der Waals surface area contributed by atoms with Crippen molar-refractivity contribution in [1.82, 2.24) is 10.9 Å². The number of benzene rings is 3. The molecule has 252 valence electrons. The van der Waals surface area contributed by atoms with Crippen LogP contribution in [-0.4, -0.2) is 73.2 Å². The standard InChI is InChI=1S/C32H30N2O14/c1-16-6-8-19(9-7-16)28(37)33-34-29(38)26(47-31(41)20-10-12-22(45-17(2)35)24(14-20)43-4)27(30(39)40)48-32(42)21-11-13-23(46-18(3)36)25(15-21)44-5/h6-15,26-27H,1-5H3,(H,33,37)(H,34,38)(H,39,40)/t26-,27-/m0/s1. The highest BCUT2D eigenvalue weighted by molar-refractivity contribution is 5.99. The Morgan fingerprint density at radius 1 is 0.604 bits per heavy atom. The number of amides is 2. The molecule has 3 rings (SSSR count). The zero-order valence-electron chi connectivity index (χ0n) is 26.2. The molecule has 2 amide bonds. The minimum Gasteiger partial charge on any atom is -0.493 e. The van der Waals surface area contributed by atoms with Crippen LogP contribution in [0.2, 0.25) is 0 Å². The molecule has 0 heterocycles. The first-order valence-corrected chi connectivity index (χ1v) is 13.8. The smallest absolute Gasteiger partial charge is 0.349 e. The number of hydrogen-bond acceptors (Lipinski definition) is 13. The molecule has 0 spiro atoms. The number of hydrogen-bond donors (Lipinski definition) is 3. The fourth-order valence-corrected chi connectivity index (χ4v) is 3.90. The van der Waals surface area contributed by atoms with E-state index in [2.05, 4.69) is 5.43 Å². The van der Waals surface area contributed by atoms with Crippen molar-refractivity contribution in [2.24, 2.45) is 0 Å². The molecule has 0 saturated carbocycles. The number of carboxylic acids is 1. The molecule has 0 bridgehead atoms. The van der Waals surface area contributed by atoms with Crippen molar-refractivity contribution < 1.29 is 67.1 Å². The van der Waals surface area contributed by atoms with E-state index < -0.39 is 53.9 Å². The van der Waals surface area contributed by atoms with E-state index in [0.717, 1.165) is 43.7 Å². The average Bonchev–Trinajstić information content (AvgIpc) is 3.04. The number of ether oxygens (including phenoxy) is 6. The molecule has 0 unspecified atom stereocenters. The Kier molecular flexibility index (Phi) is 12.2. The lowest BCUT2D eigenvalue weighted by molar-refractivity contribution is -0.159. The molecular formula is C32H30N2O14. The molecule has 16 heteroatoms. The summed E-state index contributed by atoms with van der Waals surface area (Å²) in [5.74, 6) is -8.34. The van der Waals surface area contributed by atoms with Crippen molar-refractivity contribution in [2.75, 3.05) is 14.2 Å². The highest BCUT2D eigenvalue weighted by Gasteiger charge is 2.41. The first kappa shape index (κ1) is 36.0. The summed E-state index contributed by atoms with van der Waals surface area (Å²) in [5, 5.41) is 10.0. The largest absolute Gasteiger partial charge is 0.493 e. The zero-order chi connectivity index (χ0) is 35.5. The second kappa shape index (κ2) is 16.2. The molecule has 2 atom stereocenters. The van der Waals surface area contributed by atoms with Gasteiger partial charge < -0.3 is 33.5 Å². The maximum Gasteiger partial charge on any atom is 0.349 e. The van der Waals surface area contributed by atoms with Gasteiger partial charge in [-0.05, 0) is 55.5 Å². The van der Waals surface area contributed by atoms with E-state index in [1.807, 2.05) is 5.43 Å². The van der Waals surface area contributed by atoms with Crippen LogP contribution in [0.4, 0.5) is 0 Å². The predicted molar refractivity (Wildman–Crippen MR) is 161 cm³/mol. The summed E-state index contributed by atoms with van der Waals surface area (Å²) < 4.78 is 30.6. The lowest BCUT2D eigenvalue weighted by Crippen LogP contribution is -2.54. The Morgan fingerprint density at radius 3 is 1.46 bits per heavy atom. The van der Waals surface area contributed by atoms with Gasteiger partial charge >= 0.3 is 29.8 Å². The van der Waals surface area contributed by atoms with Crippen LogP contribution in [0.25, 0.3) is 0 Å². The molecule has 0 fully saturated rings. The second-order valence-corrected chi connectivity index (χ2v) is 9.72. The number of methoxy groups -OCH3 is 2. The zero-order valence-corrected chi connectivity index (χ0v) is 26.2. The Bertz CT molecular complexity index is 1730. The van der Waals surface area contributed by atoms with Crippen LogP contribution in [0.5, 0.6) is 23.0 Å². The molecule has 0 aliphatic carbocycles. The van der Waals surface area contributed by atoms with Crippen molar-refractivity contribution in [3.63, 3.8) is 0 Å². The topological polar surface area (TPSA) is 219 Å².